The fourth-order valence-corrected chi connectivity index (χ4v) is 11.5. The molecule has 0 aliphatic carbocycles. The maximum absolute atomic E-state index is 9.91. The molecular formula is C72H62BN3O. The first kappa shape index (κ1) is 34.2. The Balaban J connectivity index is 1.13. The van der Waals surface area contributed by atoms with Gasteiger partial charge in [-0.3, -0.25) is 0 Å². The van der Waals surface area contributed by atoms with Crippen molar-refractivity contribution in [1.82, 2.24) is 9.13 Å². The highest BCUT2D eigenvalue weighted by Gasteiger charge is 2.44. The van der Waals surface area contributed by atoms with E-state index in [0.29, 0.717) is 34.0 Å². The molecule has 0 unspecified atom stereocenters. The van der Waals surface area contributed by atoms with E-state index in [0.717, 1.165) is 50.1 Å². The Hall–Kier alpha value is -8.54. The van der Waals surface area contributed by atoms with Crippen LogP contribution in [0.1, 0.15) is 98.2 Å². The van der Waals surface area contributed by atoms with Crippen LogP contribution in [0.4, 0.5) is 17.1 Å². The number of nitrogens with zero attached hydrogens (tertiary/aromatic N) is 3. The van der Waals surface area contributed by atoms with Crippen LogP contribution in [-0.4, -0.2) is 15.8 Å². The fourth-order valence-electron chi connectivity index (χ4n) is 11.5. The zero-order valence-electron chi connectivity index (χ0n) is 58.5. The summed E-state index contributed by atoms with van der Waals surface area (Å²) in [4.78, 5) is 2.26. The average molecular weight is 1010 g/mol. The summed E-state index contributed by atoms with van der Waals surface area (Å²) in [7, 11) is 0. The number of anilines is 3. The molecule has 2 aliphatic heterocycles. The zero-order chi connectivity index (χ0) is 64.9. The molecule has 0 saturated heterocycles. The third-order valence-electron chi connectivity index (χ3n) is 15.4. The summed E-state index contributed by atoms with van der Waals surface area (Å²) >= 11 is 0. The molecule has 5 heteroatoms. The predicted octanol–water partition coefficient (Wildman–Crippen LogP) is 17.5. The summed E-state index contributed by atoms with van der Waals surface area (Å²) in [6.07, 6.45) is 0. The van der Waals surface area contributed by atoms with E-state index in [9.17, 15) is 13.7 Å². The van der Waals surface area contributed by atoms with E-state index in [-0.39, 0.29) is 115 Å². The molecule has 2 aromatic heterocycles. The quantitative estimate of drug-likeness (QED) is 0.160. The van der Waals surface area contributed by atoms with Crippen LogP contribution in [0.2, 0.25) is 0 Å². The molecule has 4 heterocycles. The summed E-state index contributed by atoms with van der Waals surface area (Å²) in [6, 6.07) is 37.7. The topological polar surface area (TPSA) is 22.3 Å². The van der Waals surface area contributed by atoms with E-state index in [1.165, 1.54) is 0 Å². The maximum atomic E-state index is 9.91. The summed E-state index contributed by atoms with van der Waals surface area (Å²) in [5.74, 6) is 0.934. The van der Waals surface area contributed by atoms with Crippen LogP contribution in [0.25, 0.3) is 77.2 Å². The molecule has 14 rings (SSSR count). The molecule has 2 aliphatic rings. The third-order valence-corrected chi connectivity index (χ3v) is 15.4. The van der Waals surface area contributed by atoms with Gasteiger partial charge in [-0.1, -0.05) is 202 Å². The van der Waals surface area contributed by atoms with Gasteiger partial charge in [0.15, 0.2) is 0 Å². The van der Waals surface area contributed by atoms with Gasteiger partial charge in [-0.05, 0) is 127 Å². The van der Waals surface area contributed by atoms with Crippen LogP contribution in [0.15, 0.2) is 212 Å². The lowest BCUT2D eigenvalue weighted by atomic mass is 9.34. The number of ether oxygens (including phenoxy) is 1. The van der Waals surface area contributed by atoms with Gasteiger partial charge in [-0.15, -0.1) is 0 Å². The minimum Gasteiger partial charge on any atom is -0.458 e. The standard InChI is InChI=1S/C72H62BN3O/c1-70(2,3)47-31-37-62-56(39-47)54-25-16-18-29-60(54)74(62)50-33-35-58-64(43-50)76(69-52(45-21-12-10-13-22-45)27-20-28-53(69)46-23-14-11-15-24-46)65-41-49(72(7,8)9)42-67-68(65)73(58)59-36-34-51(44-66(59)77-67)75-61-30-19-17-26-55(61)57-40-48(71(4,5)6)32-38-63(57)75/h10-44H,1-9H3/i16D,17D,18D,19D,25D,26D,29D,30D,31D,32D,37D,38D,39D,40D. The molecule has 12 aromatic rings. The third kappa shape index (κ3) is 7.42. The molecule has 4 nitrogen and oxygen atoms in total. The van der Waals surface area contributed by atoms with Crippen LogP contribution in [-0.2, 0) is 16.2 Å². The average Bonchev–Trinajstić information content (AvgIpc) is 1.70. The predicted molar refractivity (Wildman–Crippen MR) is 328 cm³/mol. The van der Waals surface area contributed by atoms with Crippen LogP contribution in [0.3, 0.4) is 0 Å². The number of para-hydroxylation sites is 3. The molecule has 0 bridgehead atoms. The summed E-state index contributed by atoms with van der Waals surface area (Å²) < 4.78 is 143. The highest BCUT2D eigenvalue weighted by Crippen LogP contribution is 2.51. The van der Waals surface area contributed by atoms with Crippen molar-refractivity contribution in [3.8, 4) is 45.1 Å². The Bertz CT molecular complexity index is 5160. The van der Waals surface area contributed by atoms with Gasteiger partial charge in [0.25, 0.3) is 6.71 Å². The molecular weight excluding hydrogens is 934 g/mol. The molecule has 0 atom stereocenters. The second-order valence-electron chi connectivity index (χ2n) is 23.5. The maximum Gasteiger partial charge on any atom is 0.256 e. The molecule has 0 amide bonds. The minimum atomic E-state index is -0.791. The van der Waals surface area contributed by atoms with Gasteiger partial charge in [0.05, 0.1) is 46.9 Å². The summed E-state index contributed by atoms with van der Waals surface area (Å²) in [5.41, 5.74) is 8.70. The molecule has 0 N–H and O–H groups in total. The van der Waals surface area contributed by atoms with Crippen LogP contribution in [0.5, 0.6) is 11.5 Å². The van der Waals surface area contributed by atoms with Gasteiger partial charge in [-0.25, -0.2) is 0 Å². The van der Waals surface area contributed by atoms with Gasteiger partial charge in [0.1, 0.15) is 11.5 Å². The molecule has 0 fully saturated rings. The van der Waals surface area contributed by atoms with Gasteiger partial charge in [0.2, 0.25) is 0 Å². The Labute approximate surface area is 472 Å². The Kier molecular flexibility index (Phi) is 7.54. The first-order chi connectivity index (χ1) is 42.9. The van der Waals surface area contributed by atoms with E-state index in [1.807, 2.05) is 114 Å². The minimum absolute atomic E-state index is 0.0508. The number of rotatable bonds is 5. The van der Waals surface area contributed by atoms with Crippen molar-refractivity contribution in [2.24, 2.45) is 0 Å². The van der Waals surface area contributed by atoms with E-state index >= 15 is 0 Å². The number of aromatic nitrogens is 2. The lowest BCUT2D eigenvalue weighted by molar-refractivity contribution is 0.483. The lowest BCUT2D eigenvalue weighted by Crippen LogP contribution is -2.59. The SMILES string of the molecule is [2H]c1c([2H])c([2H])c2c(c1[2H])c1c([2H])c(C(C)(C)C)c([2H])c([2H])c1n2-c1ccc2c(c1)Oc1cc(C(C)(C)C)cc3c1B2c1ccc(-n2c4c([2H])c([2H])c([2H])c([2H])c4c4c([2H])c(C(C)(C)C)c([2H])c([2H])c42)cc1N3c1c(-c2ccccc2)cccc1-c1ccccc1. The Morgan fingerprint density at radius 2 is 0.909 bits per heavy atom. The highest BCUT2D eigenvalue weighted by atomic mass is 16.5. The van der Waals surface area contributed by atoms with Crippen molar-refractivity contribution >= 4 is 83.8 Å². The van der Waals surface area contributed by atoms with E-state index in [1.54, 1.807) is 15.2 Å². The van der Waals surface area contributed by atoms with Crippen molar-refractivity contribution in [1.29, 1.82) is 0 Å². The second-order valence-corrected chi connectivity index (χ2v) is 23.5. The Morgan fingerprint density at radius 3 is 1.44 bits per heavy atom. The van der Waals surface area contributed by atoms with E-state index in [4.69, 9.17) is 10.2 Å². The van der Waals surface area contributed by atoms with E-state index in [2.05, 4.69) is 74.2 Å². The van der Waals surface area contributed by atoms with Crippen molar-refractivity contribution < 1.29 is 23.9 Å². The first-order valence-electron chi connectivity index (χ1n) is 33.2. The van der Waals surface area contributed by atoms with Crippen molar-refractivity contribution in [3.63, 3.8) is 0 Å². The Morgan fingerprint density at radius 1 is 0.416 bits per heavy atom. The number of hydrogen-bond donors (Lipinski definition) is 0. The van der Waals surface area contributed by atoms with Gasteiger partial charge in [-0.2, -0.15) is 0 Å². The largest absolute Gasteiger partial charge is 0.458 e. The molecule has 10 aromatic carbocycles. The summed E-state index contributed by atoms with van der Waals surface area (Å²) in [6.45, 7) is 16.9. The normalized spacial score (nSPS) is 15.9. The smallest absolute Gasteiger partial charge is 0.256 e. The molecule has 77 heavy (non-hydrogen) atoms. The van der Waals surface area contributed by atoms with Crippen LogP contribution >= 0.6 is 0 Å². The zero-order valence-corrected chi connectivity index (χ0v) is 44.5. The fraction of sp³-hybridized carbons (Fsp3) is 0.167. The van der Waals surface area contributed by atoms with Crippen molar-refractivity contribution in [2.45, 2.75) is 78.6 Å². The molecule has 0 radical (unpaired) electrons. The highest BCUT2D eigenvalue weighted by molar-refractivity contribution is 6.99. The first-order valence-corrected chi connectivity index (χ1v) is 26.2. The number of hydrogen-bond acceptors (Lipinski definition) is 2. The van der Waals surface area contributed by atoms with Crippen molar-refractivity contribution in [3.05, 3.63) is 229 Å². The van der Waals surface area contributed by atoms with Crippen LogP contribution < -0.4 is 26.0 Å². The number of benzene rings is 10. The van der Waals surface area contributed by atoms with Gasteiger partial charge >= 0.3 is 0 Å². The molecule has 0 spiro atoms. The van der Waals surface area contributed by atoms with Gasteiger partial charge < -0.3 is 18.8 Å². The second kappa shape index (κ2) is 17.0. The number of fused-ring (bicyclic) bond motifs is 10. The van der Waals surface area contributed by atoms with Crippen molar-refractivity contribution in [2.75, 3.05) is 4.90 Å². The molecule has 374 valence electrons. The monoisotopic (exact) mass is 1010 g/mol. The van der Waals surface area contributed by atoms with Crippen LogP contribution in [0, 0.1) is 0 Å². The lowest BCUT2D eigenvalue weighted by Gasteiger charge is -2.42. The summed E-state index contributed by atoms with van der Waals surface area (Å²) in [5, 5.41) is 0.428. The van der Waals surface area contributed by atoms with E-state index < -0.39 is 47.1 Å². The molecule has 0 saturated carbocycles. The van der Waals surface area contributed by atoms with Gasteiger partial charge in [0, 0.05) is 61.5 Å².